The molecular weight excluding hydrogens is 308 g/mol. The van der Waals surface area contributed by atoms with Crippen molar-refractivity contribution in [2.24, 2.45) is 5.41 Å². The molecule has 1 aliphatic heterocycles. The van der Waals surface area contributed by atoms with Crippen LogP contribution in [0.15, 0.2) is 0 Å². The Morgan fingerprint density at radius 1 is 1.39 bits per heavy atom. The molecule has 0 radical (unpaired) electrons. The predicted molar refractivity (Wildman–Crippen MR) is 93.2 cm³/mol. The van der Waals surface area contributed by atoms with Crippen LogP contribution in [0.25, 0.3) is 0 Å². The Kier molecular flexibility index (Phi) is 4.79. The highest BCUT2D eigenvalue weighted by Gasteiger charge is 2.47. The average Bonchev–Trinajstić information content (AvgIpc) is 3.10. The number of hydrogen-bond acceptors (Lipinski definition) is 4. The number of thiazole rings is 1. The average molecular weight is 337 g/mol. The van der Waals surface area contributed by atoms with Gasteiger partial charge in [-0.1, -0.05) is 20.3 Å². The molecule has 2 heterocycles. The largest absolute Gasteiger partial charge is 0.381 e. The summed E-state index contributed by atoms with van der Waals surface area (Å²) in [6.45, 7) is 7.93. The molecule has 4 nitrogen and oxygen atoms in total. The first kappa shape index (κ1) is 16.9. The van der Waals surface area contributed by atoms with Gasteiger partial charge in [0.05, 0.1) is 16.8 Å². The molecule has 1 aromatic heterocycles. The summed E-state index contributed by atoms with van der Waals surface area (Å²) < 4.78 is 5.75. The third-order valence-corrected chi connectivity index (χ3v) is 6.95. The molecule has 128 valence electrons. The van der Waals surface area contributed by atoms with Crippen LogP contribution in [0.3, 0.4) is 0 Å². The van der Waals surface area contributed by atoms with Gasteiger partial charge in [0.1, 0.15) is 4.88 Å². The number of aryl methyl sites for hydroxylation is 1. The van der Waals surface area contributed by atoms with E-state index in [2.05, 4.69) is 23.7 Å². The van der Waals surface area contributed by atoms with Crippen molar-refractivity contribution in [3.8, 4) is 0 Å². The van der Waals surface area contributed by atoms with E-state index in [4.69, 9.17) is 4.74 Å². The molecule has 1 aromatic rings. The molecule has 2 aliphatic rings. The van der Waals surface area contributed by atoms with Gasteiger partial charge in [0.25, 0.3) is 5.91 Å². The molecule has 3 rings (SSSR count). The van der Waals surface area contributed by atoms with Gasteiger partial charge in [-0.05, 0) is 32.6 Å². The molecule has 23 heavy (non-hydrogen) atoms. The van der Waals surface area contributed by atoms with Crippen molar-refractivity contribution in [2.45, 2.75) is 64.9 Å². The Bertz CT molecular complexity index is 584. The monoisotopic (exact) mass is 336 g/mol. The highest BCUT2D eigenvalue weighted by Crippen LogP contribution is 2.46. The van der Waals surface area contributed by atoms with Crippen molar-refractivity contribution in [3.63, 3.8) is 0 Å². The van der Waals surface area contributed by atoms with E-state index in [9.17, 15) is 4.79 Å². The fraction of sp³-hybridized carbons (Fsp3) is 0.778. The van der Waals surface area contributed by atoms with Gasteiger partial charge in [0, 0.05) is 31.5 Å². The topological polar surface area (TPSA) is 42.4 Å². The van der Waals surface area contributed by atoms with Gasteiger partial charge in [0.2, 0.25) is 0 Å². The second-order valence-electron chi connectivity index (χ2n) is 7.43. The maximum absolute atomic E-state index is 13.0. The van der Waals surface area contributed by atoms with Gasteiger partial charge in [-0.3, -0.25) is 4.79 Å². The minimum absolute atomic E-state index is 0.174. The second kappa shape index (κ2) is 6.52. The van der Waals surface area contributed by atoms with Crippen molar-refractivity contribution in [1.82, 2.24) is 9.88 Å². The van der Waals surface area contributed by atoms with E-state index in [1.807, 2.05) is 14.0 Å². The number of hydrogen-bond donors (Lipinski definition) is 0. The Balaban J connectivity index is 1.80. The fourth-order valence-corrected chi connectivity index (χ4v) is 5.32. The van der Waals surface area contributed by atoms with Crippen LogP contribution in [0.2, 0.25) is 0 Å². The summed E-state index contributed by atoms with van der Waals surface area (Å²) in [6, 6.07) is 0. The van der Waals surface area contributed by atoms with Gasteiger partial charge >= 0.3 is 0 Å². The molecule has 5 heteroatoms. The number of piperidine rings is 1. The van der Waals surface area contributed by atoms with Crippen LogP contribution in [-0.2, 0) is 4.74 Å². The molecule has 1 saturated heterocycles. The highest BCUT2D eigenvalue weighted by atomic mass is 32.1. The minimum Gasteiger partial charge on any atom is -0.381 e. The number of carbonyl (C=O) groups is 1. The summed E-state index contributed by atoms with van der Waals surface area (Å²) in [4.78, 5) is 20.5. The van der Waals surface area contributed by atoms with Crippen molar-refractivity contribution >= 4 is 17.2 Å². The Morgan fingerprint density at radius 3 is 2.78 bits per heavy atom. The quantitative estimate of drug-likeness (QED) is 0.838. The first-order valence-corrected chi connectivity index (χ1v) is 9.58. The van der Waals surface area contributed by atoms with E-state index in [-0.39, 0.29) is 11.3 Å². The van der Waals surface area contributed by atoms with Crippen molar-refractivity contribution in [2.75, 3.05) is 20.2 Å². The third kappa shape index (κ3) is 3.05. The number of methoxy groups -OCH3 is 1. The molecule has 0 N–H and O–H groups in total. The third-order valence-electron chi connectivity index (χ3n) is 5.51. The molecule has 1 saturated carbocycles. The summed E-state index contributed by atoms with van der Waals surface area (Å²) in [6.07, 6.45) is 6.13. The summed E-state index contributed by atoms with van der Waals surface area (Å²) in [5, 5.41) is 1.06. The molecular formula is C18H28N2O2S. The fourth-order valence-electron chi connectivity index (χ4n) is 4.28. The molecule has 1 spiro atoms. The molecule has 2 atom stereocenters. The molecule has 1 amide bonds. The van der Waals surface area contributed by atoms with Crippen LogP contribution < -0.4 is 0 Å². The van der Waals surface area contributed by atoms with Crippen LogP contribution in [-0.4, -0.2) is 42.1 Å². The number of carbonyl (C=O) groups excluding carboxylic acids is 1. The summed E-state index contributed by atoms with van der Waals surface area (Å²) >= 11 is 1.57. The zero-order valence-electron chi connectivity index (χ0n) is 14.7. The van der Waals surface area contributed by atoms with Crippen molar-refractivity contribution in [1.29, 1.82) is 0 Å². The zero-order valence-corrected chi connectivity index (χ0v) is 15.5. The standard InChI is InChI=1S/C18H28N2O2S/c1-12(2)16-19-13(3)15(23-16)17(21)20-10-6-9-18(11-20)8-5-7-14(18)22-4/h12,14H,5-11H2,1-4H3/t14-,18-/m1/s1. The van der Waals surface area contributed by atoms with Gasteiger partial charge in [-0.2, -0.15) is 0 Å². The maximum atomic E-state index is 13.0. The van der Waals surface area contributed by atoms with Gasteiger partial charge in [0.15, 0.2) is 0 Å². The lowest BCUT2D eigenvalue weighted by Gasteiger charge is -2.43. The zero-order chi connectivity index (χ0) is 16.6. The van der Waals surface area contributed by atoms with Crippen molar-refractivity contribution in [3.05, 3.63) is 15.6 Å². The Hall–Kier alpha value is -0.940. The summed E-state index contributed by atoms with van der Waals surface area (Å²) in [5.74, 6) is 0.549. The van der Waals surface area contributed by atoms with Crippen LogP contribution in [0.4, 0.5) is 0 Å². The van der Waals surface area contributed by atoms with E-state index in [1.165, 1.54) is 19.3 Å². The van der Waals surface area contributed by atoms with E-state index in [0.29, 0.717) is 12.0 Å². The molecule has 2 fully saturated rings. The molecule has 0 bridgehead atoms. The van der Waals surface area contributed by atoms with E-state index >= 15 is 0 Å². The smallest absolute Gasteiger partial charge is 0.265 e. The first-order chi connectivity index (χ1) is 11.0. The number of rotatable bonds is 3. The lowest BCUT2D eigenvalue weighted by atomic mass is 9.76. The second-order valence-corrected chi connectivity index (χ2v) is 8.46. The number of amides is 1. The lowest BCUT2D eigenvalue weighted by Crippen LogP contribution is -2.49. The summed E-state index contributed by atoms with van der Waals surface area (Å²) in [5.41, 5.74) is 1.07. The predicted octanol–water partition coefficient (Wildman–Crippen LogP) is 4.00. The van der Waals surface area contributed by atoms with Gasteiger partial charge in [-0.25, -0.2) is 4.98 Å². The van der Waals surface area contributed by atoms with Gasteiger partial charge in [-0.15, -0.1) is 11.3 Å². The van der Waals surface area contributed by atoms with Gasteiger partial charge < -0.3 is 9.64 Å². The number of nitrogens with zero attached hydrogens (tertiary/aromatic N) is 2. The highest BCUT2D eigenvalue weighted by molar-refractivity contribution is 7.13. The number of likely N-dealkylation sites (tertiary alicyclic amines) is 1. The van der Waals surface area contributed by atoms with Crippen LogP contribution >= 0.6 is 11.3 Å². The van der Waals surface area contributed by atoms with Crippen molar-refractivity contribution < 1.29 is 9.53 Å². The SMILES string of the molecule is CO[C@@H]1CCC[C@]12CCCN(C(=O)c1sc(C(C)C)nc1C)C2. The minimum atomic E-state index is 0.174. The number of aromatic nitrogens is 1. The summed E-state index contributed by atoms with van der Waals surface area (Å²) in [7, 11) is 1.82. The van der Waals surface area contributed by atoms with E-state index in [1.54, 1.807) is 11.3 Å². The van der Waals surface area contributed by atoms with E-state index < -0.39 is 0 Å². The van der Waals surface area contributed by atoms with Crippen LogP contribution in [0.5, 0.6) is 0 Å². The van der Waals surface area contributed by atoms with E-state index in [0.717, 1.165) is 41.5 Å². The first-order valence-electron chi connectivity index (χ1n) is 8.76. The molecule has 0 unspecified atom stereocenters. The lowest BCUT2D eigenvalue weighted by molar-refractivity contribution is -0.0294. The maximum Gasteiger partial charge on any atom is 0.265 e. The Labute approximate surface area is 143 Å². The molecule has 0 aromatic carbocycles. The normalized spacial score (nSPS) is 28.0. The van der Waals surface area contributed by atoms with Crippen LogP contribution in [0.1, 0.15) is 72.2 Å². The molecule has 1 aliphatic carbocycles. The Morgan fingerprint density at radius 2 is 2.13 bits per heavy atom. The van der Waals surface area contributed by atoms with Crippen LogP contribution in [0, 0.1) is 12.3 Å². The number of ether oxygens (including phenoxy) is 1.